The lowest BCUT2D eigenvalue weighted by Gasteiger charge is -2.29. The molecule has 0 saturated carbocycles. The van der Waals surface area contributed by atoms with Gasteiger partial charge in [0.15, 0.2) is 0 Å². The Balaban J connectivity index is 2.12. The molecule has 1 aliphatic rings. The van der Waals surface area contributed by atoms with Crippen LogP contribution in [-0.2, 0) is 16.6 Å². The number of nitrogens with zero attached hydrogens (tertiary/aromatic N) is 3. The molecule has 1 aromatic heterocycles. The smallest absolute Gasteiger partial charge is 0.246 e. The van der Waals surface area contributed by atoms with E-state index in [9.17, 15) is 8.42 Å². The van der Waals surface area contributed by atoms with Gasteiger partial charge >= 0.3 is 0 Å². The Morgan fingerprint density at radius 2 is 2.37 bits per heavy atom. The Morgan fingerprint density at radius 3 is 3.05 bits per heavy atom. The summed E-state index contributed by atoms with van der Waals surface area (Å²) in [5, 5.41) is 4.42. The molecule has 8 heteroatoms. The van der Waals surface area contributed by atoms with Crippen LogP contribution in [-0.4, -0.2) is 52.5 Å². The first-order chi connectivity index (χ1) is 9.04. The summed E-state index contributed by atoms with van der Waals surface area (Å²) in [6, 6.07) is 0. The van der Waals surface area contributed by atoms with Gasteiger partial charge < -0.3 is 0 Å². The van der Waals surface area contributed by atoms with Crippen molar-refractivity contribution >= 4 is 33.4 Å². The minimum absolute atomic E-state index is 0.279. The van der Waals surface area contributed by atoms with Crippen LogP contribution in [0.4, 0.5) is 0 Å². The first-order valence-corrected chi connectivity index (χ1v) is 9.26. The average Bonchev–Trinajstić information content (AvgIpc) is 2.86. The molecule has 5 nitrogen and oxygen atoms in total. The van der Waals surface area contributed by atoms with Gasteiger partial charge in [0.2, 0.25) is 10.0 Å². The Labute approximate surface area is 123 Å². The van der Waals surface area contributed by atoms with Crippen LogP contribution >= 0.6 is 23.4 Å². The number of rotatable bonds is 5. The van der Waals surface area contributed by atoms with E-state index < -0.39 is 10.0 Å². The fourth-order valence-electron chi connectivity index (χ4n) is 1.98. The van der Waals surface area contributed by atoms with Crippen molar-refractivity contribution in [2.75, 3.05) is 24.7 Å². The number of sulfonamides is 1. The van der Waals surface area contributed by atoms with Gasteiger partial charge in [0.1, 0.15) is 4.90 Å². The third-order valence-corrected chi connectivity index (χ3v) is 6.19. The molecule has 1 aliphatic heterocycles. The third-order valence-electron chi connectivity index (χ3n) is 2.97. The third kappa shape index (κ3) is 3.65. The summed E-state index contributed by atoms with van der Waals surface area (Å²) in [7, 11) is -3.40. The molecule has 1 fully saturated rings. The molecule has 0 aliphatic carbocycles. The van der Waals surface area contributed by atoms with Gasteiger partial charge in [-0.2, -0.15) is 21.2 Å². The zero-order chi connectivity index (χ0) is 13.9. The van der Waals surface area contributed by atoms with Gasteiger partial charge in [-0.1, -0.05) is 6.92 Å². The maximum atomic E-state index is 12.5. The van der Waals surface area contributed by atoms with Gasteiger partial charge in [-0.25, -0.2) is 8.42 Å². The molecule has 1 saturated heterocycles. The highest BCUT2D eigenvalue weighted by Crippen LogP contribution is 2.23. The van der Waals surface area contributed by atoms with Gasteiger partial charge in [0.25, 0.3) is 0 Å². The van der Waals surface area contributed by atoms with Crippen molar-refractivity contribution in [2.45, 2.75) is 30.0 Å². The van der Waals surface area contributed by atoms with Crippen LogP contribution in [0.15, 0.2) is 17.3 Å². The van der Waals surface area contributed by atoms with E-state index in [1.54, 1.807) is 15.2 Å². The number of thioether (sulfide) groups is 1. The SMILES string of the molecule is CC1CN(S(=O)(=O)c2cnn(CCCCl)c2)CCS1. The van der Waals surface area contributed by atoms with Crippen LogP contribution in [0.1, 0.15) is 13.3 Å². The minimum Gasteiger partial charge on any atom is -0.271 e. The van der Waals surface area contributed by atoms with Crippen LogP contribution < -0.4 is 0 Å². The predicted molar refractivity (Wildman–Crippen MR) is 78.2 cm³/mol. The second-order valence-corrected chi connectivity index (χ2v) is 8.39. The highest BCUT2D eigenvalue weighted by atomic mass is 35.5. The Morgan fingerprint density at radius 1 is 1.58 bits per heavy atom. The topological polar surface area (TPSA) is 55.2 Å². The van der Waals surface area contributed by atoms with Crippen molar-refractivity contribution < 1.29 is 8.42 Å². The first kappa shape index (κ1) is 15.2. The molecular weight excluding hydrogens is 306 g/mol. The summed E-state index contributed by atoms with van der Waals surface area (Å²) in [6.45, 7) is 3.84. The maximum absolute atomic E-state index is 12.5. The maximum Gasteiger partial charge on any atom is 0.246 e. The van der Waals surface area contributed by atoms with Crippen molar-refractivity contribution in [3.63, 3.8) is 0 Å². The lowest BCUT2D eigenvalue weighted by Crippen LogP contribution is -2.40. The molecule has 0 N–H and O–H groups in total. The van der Waals surface area contributed by atoms with E-state index in [0.29, 0.717) is 30.8 Å². The van der Waals surface area contributed by atoms with Crippen molar-refractivity contribution in [1.82, 2.24) is 14.1 Å². The zero-order valence-electron chi connectivity index (χ0n) is 10.8. The van der Waals surface area contributed by atoms with Gasteiger partial charge in [0, 0.05) is 42.7 Å². The molecule has 0 aromatic carbocycles. The van der Waals surface area contributed by atoms with Crippen molar-refractivity contribution in [3.05, 3.63) is 12.4 Å². The van der Waals surface area contributed by atoms with E-state index in [0.717, 1.165) is 12.2 Å². The number of hydrogen-bond acceptors (Lipinski definition) is 4. The molecule has 108 valence electrons. The van der Waals surface area contributed by atoms with Crippen LogP contribution in [0.5, 0.6) is 0 Å². The van der Waals surface area contributed by atoms with Crippen LogP contribution in [0.3, 0.4) is 0 Å². The van der Waals surface area contributed by atoms with Crippen LogP contribution in [0.2, 0.25) is 0 Å². The number of aromatic nitrogens is 2. The van der Waals surface area contributed by atoms with E-state index in [-0.39, 0.29) is 4.90 Å². The number of hydrogen-bond donors (Lipinski definition) is 0. The van der Waals surface area contributed by atoms with Gasteiger partial charge in [-0.15, -0.1) is 11.6 Å². The van der Waals surface area contributed by atoms with E-state index >= 15 is 0 Å². The average molecular weight is 324 g/mol. The summed E-state index contributed by atoms with van der Waals surface area (Å²) in [6.07, 6.45) is 3.80. The van der Waals surface area contributed by atoms with Crippen LogP contribution in [0, 0.1) is 0 Å². The molecule has 1 unspecified atom stereocenters. The minimum atomic E-state index is -3.40. The molecule has 0 spiro atoms. The largest absolute Gasteiger partial charge is 0.271 e. The molecule has 0 bridgehead atoms. The van der Waals surface area contributed by atoms with Crippen molar-refractivity contribution in [3.8, 4) is 0 Å². The van der Waals surface area contributed by atoms with E-state index in [4.69, 9.17) is 11.6 Å². The van der Waals surface area contributed by atoms with E-state index in [1.807, 2.05) is 11.8 Å². The van der Waals surface area contributed by atoms with Crippen LogP contribution in [0.25, 0.3) is 0 Å². The molecule has 0 amide bonds. The van der Waals surface area contributed by atoms with Gasteiger partial charge in [0.05, 0.1) is 6.20 Å². The fraction of sp³-hybridized carbons (Fsp3) is 0.727. The molecule has 1 atom stereocenters. The molecular formula is C11H18ClN3O2S2. The second-order valence-electron chi connectivity index (χ2n) is 4.53. The number of alkyl halides is 1. The monoisotopic (exact) mass is 323 g/mol. The quantitative estimate of drug-likeness (QED) is 0.773. The Kier molecular flexibility index (Phi) is 5.16. The Bertz CT molecular complexity index is 518. The van der Waals surface area contributed by atoms with Crippen molar-refractivity contribution in [1.29, 1.82) is 0 Å². The molecule has 1 aromatic rings. The standard InChI is InChI=1S/C11H18ClN3O2S2/c1-10-8-15(5-6-18-10)19(16,17)11-7-13-14(9-11)4-2-3-12/h7,9-10H,2-6,8H2,1H3. The molecule has 19 heavy (non-hydrogen) atoms. The normalized spacial score (nSPS) is 21.7. The van der Waals surface area contributed by atoms with E-state index in [1.165, 1.54) is 6.20 Å². The number of halogens is 1. The predicted octanol–water partition coefficient (Wildman–Crippen LogP) is 1.64. The molecule has 2 heterocycles. The summed E-state index contributed by atoms with van der Waals surface area (Å²) in [5.74, 6) is 1.39. The summed E-state index contributed by atoms with van der Waals surface area (Å²) in [5.41, 5.74) is 0. The van der Waals surface area contributed by atoms with E-state index in [2.05, 4.69) is 12.0 Å². The lowest BCUT2D eigenvalue weighted by atomic mass is 10.4. The highest BCUT2D eigenvalue weighted by Gasteiger charge is 2.29. The molecule has 2 rings (SSSR count). The first-order valence-electron chi connectivity index (χ1n) is 6.24. The Hall–Kier alpha value is -0.240. The lowest BCUT2D eigenvalue weighted by molar-refractivity contribution is 0.424. The summed E-state index contributed by atoms with van der Waals surface area (Å²) < 4.78 is 28.1. The summed E-state index contributed by atoms with van der Waals surface area (Å²) >= 11 is 7.42. The van der Waals surface area contributed by atoms with Gasteiger partial charge in [-0.05, 0) is 6.42 Å². The summed E-state index contributed by atoms with van der Waals surface area (Å²) in [4.78, 5) is 0.279. The fourth-order valence-corrected chi connectivity index (χ4v) is 4.80. The van der Waals surface area contributed by atoms with Gasteiger partial charge in [-0.3, -0.25) is 4.68 Å². The molecule has 0 radical (unpaired) electrons. The second kappa shape index (κ2) is 6.47. The van der Waals surface area contributed by atoms with Crippen molar-refractivity contribution in [2.24, 2.45) is 0 Å². The number of aryl methyl sites for hydroxylation is 1. The zero-order valence-corrected chi connectivity index (χ0v) is 13.2. The highest BCUT2D eigenvalue weighted by molar-refractivity contribution is 8.00.